The fraction of sp³-hybridized carbons (Fsp3) is 0.438. The minimum Gasteiger partial charge on any atom is -0.336 e. The Bertz CT molecular complexity index is 1520. The summed E-state index contributed by atoms with van der Waals surface area (Å²) in [5, 5.41) is 0.845. The molecule has 182 valence electrons. The van der Waals surface area contributed by atoms with Gasteiger partial charge in [0.25, 0.3) is 6.71 Å². The third-order valence-electron chi connectivity index (χ3n) is 11.7. The lowest BCUT2D eigenvalue weighted by Crippen LogP contribution is -2.65. The molecule has 0 N–H and O–H groups in total. The van der Waals surface area contributed by atoms with Crippen molar-refractivity contribution >= 4 is 57.5 Å². The van der Waals surface area contributed by atoms with Crippen LogP contribution in [0.1, 0.15) is 78.4 Å². The SMILES string of the molecule is CC1(C)c2cccc3c2N(c2cc(Cl)cc4c2B3c2cccc3c2N4C2(C)CCCCC32C)C1(C)C. The summed E-state index contributed by atoms with van der Waals surface area (Å²) in [5.74, 6) is 0. The van der Waals surface area contributed by atoms with E-state index in [4.69, 9.17) is 11.6 Å². The minimum atomic E-state index is -0.0781. The topological polar surface area (TPSA) is 6.48 Å². The molecule has 0 amide bonds. The molecule has 5 aliphatic rings. The van der Waals surface area contributed by atoms with Crippen molar-refractivity contribution in [1.82, 2.24) is 0 Å². The second-order valence-corrected chi connectivity index (χ2v) is 13.9. The molecule has 1 fully saturated rings. The highest BCUT2D eigenvalue weighted by Crippen LogP contribution is 2.63. The second-order valence-electron chi connectivity index (χ2n) is 13.4. The van der Waals surface area contributed by atoms with Crippen LogP contribution in [0.5, 0.6) is 0 Å². The van der Waals surface area contributed by atoms with Gasteiger partial charge in [-0.15, -0.1) is 0 Å². The largest absolute Gasteiger partial charge is 0.336 e. The third kappa shape index (κ3) is 2.04. The lowest BCUT2D eigenvalue weighted by atomic mass is 9.33. The van der Waals surface area contributed by atoms with Crippen molar-refractivity contribution in [3.05, 3.63) is 64.7 Å². The first-order valence-electron chi connectivity index (χ1n) is 13.7. The molecule has 2 atom stereocenters. The zero-order chi connectivity index (χ0) is 25.0. The number of hydrogen-bond donors (Lipinski definition) is 0. The Kier molecular flexibility index (Phi) is 3.72. The van der Waals surface area contributed by atoms with Gasteiger partial charge < -0.3 is 9.80 Å². The number of benzene rings is 3. The van der Waals surface area contributed by atoms with Gasteiger partial charge in [0.2, 0.25) is 0 Å². The molecule has 1 aliphatic carbocycles. The summed E-state index contributed by atoms with van der Waals surface area (Å²) in [5.41, 5.74) is 13.1. The van der Waals surface area contributed by atoms with E-state index in [9.17, 15) is 0 Å². The van der Waals surface area contributed by atoms with Crippen LogP contribution in [0.3, 0.4) is 0 Å². The summed E-state index contributed by atoms with van der Waals surface area (Å²) in [6, 6.07) is 18.8. The minimum absolute atomic E-state index is 0.0103. The first-order valence-corrected chi connectivity index (χ1v) is 14.1. The van der Waals surface area contributed by atoms with Gasteiger partial charge in [-0.3, -0.25) is 0 Å². The van der Waals surface area contributed by atoms with Crippen molar-refractivity contribution in [3.8, 4) is 0 Å². The van der Waals surface area contributed by atoms with Gasteiger partial charge in [-0.2, -0.15) is 0 Å². The van der Waals surface area contributed by atoms with Gasteiger partial charge in [-0.05, 0) is 73.3 Å². The van der Waals surface area contributed by atoms with E-state index in [1.165, 1.54) is 70.4 Å². The maximum Gasteiger partial charge on any atom is 0.252 e. The van der Waals surface area contributed by atoms with Crippen LogP contribution in [0.25, 0.3) is 0 Å². The highest BCUT2D eigenvalue weighted by atomic mass is 35.5. The Hall–Kier alpha value is -2.39. The van der Waals surface area contributed by atoms with Crippen LogP contribution in [-0.2, 0) is 10.8 Å². The molecule has 4 heterocycles. The van der Waals surface area contributed by atoms with Gasteiger partial charge in [-0.1, -0.05) is 81.6 Å². The standard InChI is InChI=1S/C32H34BClN2/c1-29(2)20-11-9-13-22-27(20)35(30(29,3)4)24-17-19(34)18-25-26(24)33(22)23-14-10-12-21-28(23)36(25)32(6)16-8-7-15-31(21,32)5/h9-14,17-18H,7-8,15-16H2,1-6H3. The Balaban J connectivity index is 1.54. The van der Waals surface area contributed by atoms with E-state index in [0.29, 0.717) is 0 Å². The molecule has 0 spiro atoms. The third-order valence-corrected chi connectivity index (χ3v) is 11.9. The molecule has 2 unspecified atom stereocenters. The van der Waals surface area contributed by atoms with Crippen LogP contribution in [0.2, 0.25) is 5.02 Å². The quantitative estimate of drug-likeness (QED) is 0.333. The molecule has 3 aromatic rings. The maximum absolute atomic E-state index is 7.03. The van der Waals surface area contributed by atoms with Gasteiger partial charge in [0.05, 0.1) is 5.54 Å². The molecular formula is C32H34BClN2. The second kappa shape index (κ2) is 6.18. The molecule has 0 radical (unpaired) electrons. The zero-order valence-corrected chi connectivity index (χ0v) is 23.1. The van der Waals surface area contributed by atoms with Crippen molar-refractivity contribution in [1.29, 1.82) is 0 Å². The molecule has 8 rings (SSSR count). The predicted octanol–water partition coefficient (Wildman–Crippen LogP) is 6.43. The van der Waals surface area contributed by atoms with Gasteiger partial charge in [-0.25, -0.2) is 0 Å². The van der Waals surface area contributed by atoms with Crippen LogP contribution in [0, 0.1) is 0 Å². The van der Waals surface area contributed by atoms with E-state index in [1.54, 1.807) is 5.56 Å². The highest BCUT2D eigenvalue weighted by Gasteiger charge is 2.63. The molecule has 3 aromatic carbocycles. The monoisotopic (exact) mass is 492 g/mol. The summed E-state index contributed by atoms with van der Waals surface area (Å²) in [7, 11) is 0. The molecule has 2 nitrogen and oxygen atoms in total. The first kappa shape index (κ1) is 21.7. The summed E-state index contributed by atoms with van der Waals surface area (Å²) < 4.78 is 0. The molecule has 0 bridgehead atoms. The van der Waals surface area contributed by atoms with Gasteiger partial charge in [0, 0.05) is 44.1 Å². The van der Waals surface area contributed by atoms with E-state index in [0.717, 1.165) is 5.02 Å². The molecular weight excluding hydrogens is 459 g/mol. The van der Waals surface area contributed by atoms with Crippen molar-refractivity contribution in [2.75, 3.05) is 9.80 Å². The normalized spacial score (nSPS) is 29.0. The van der Waals surface area contributed by atoms with Gasteiger partial charge >= 0.3 is 0 Å². The zero-order valence-electron chi connectivity index (χ0n) is 22.3. The summed E-state index contributed by atoms with van der Waals surface area (Å²) in [4.78, 5) is 5.40. The molecule has 4 heteroatoms. The van der Waals surface area contributed by atoms with Gasteiger partial charge in [0.1, 0.15) is 0 Å². The average molecular weight is 493 g/mol. The van der Waals surface area contributed by atoms with Crippen LogP contribution < -0.4 is 26.2 Å². The smallest absolute Gasteiger partial charge is 0.252 e. The van der Waals surface area contributed by atoms with Crippen LogP contribution in [-0.4, -0.2) is 17.8 Å². The van der Waals surface area contributed by atoms with Crippen molar-refractivity contribution < 1.29 is 0 Å². The Labute approximate surface area is 220 Å². The number of anilines is 4. The molecule has 0 saturated heterocycles. The van der Waals surface area contributed by atoms with Crippen LogP contribution >= 0.6 is 11.6 Å². The van der Waals surface area contributed by atoms with Crippen LogP contribution in [0.15, 0.2) is 48.5 Å². The van der Waals surface area contributed by atoms with Gasteiger partial charge in [0.15, 0.2) is 0 Å². The number of para-hydroxylation sites is 2. The van der Waals surface area contributed by atoms with E-state index in [1.807, 2.05) is 0 Å². The molecule has 1 saturated carbocycles. The van der Waals surface area contributed by atoms with Crippen molar-refractivity contribution in [2.45, 2.75) is 89.1 Å². The summed E-state index contributed by atoms with van der Waals surface area (Å²) >= 11 is 7.03. The number of rotatable bonds is 0. The molecule has 36 heavy (non-hydrogen) atoms. The number of halogens is 1. The van der Waals surface area contributed by atoms with E-state index in [2.05, 4.69) is 99.9 Å². The molecule has 0 aromatic heterocycles. The lowest BCUT2D eigenvalue weighted by molar-refractivity contribution is 0.195. The number of nitrogens with zero attached hydrogens (tertiary/aromatic N) is 2. The Morgan fingerprint density at radius 3 is 2.03 bits per heavy atom. The van der Waals surface area contributed by atoms with E-state index >= 15 is 0 Å². The van der Waals surface area contributed by atoms with Crippen LogP contribution in [0.4, 0.5) is 22.7 Å². The average Bonchev–Trinajstić information content (AvgIpc) is 3.14. The first-order chi connectivity index (χ1) is 17.0. The van der Waals surface area contributed by atoms with Crippen molar-refractivity contribution in [2.24, 2.45) is 0 Å². The fourth-order valence-electron chi connectivity index (χ4n) is 8.99. The molecule has 4 aliphatic heterocycles. The van der Waals surface area contributed by atoms with E-state index in [-0.39, 0.29) is 28.6 Å². The fourth-order valence-corrected chi connectivity index (χ4v) is 9.20. The lowest BCUT2D eigenvalue weighted by Gasteiger charge is -2.53. The van der Waals surface area contributed by atoms with Crippen molar-refractivity contribution in [3.63, 3.8) is 0 Å². The number of hydrogen-bond acceptors (Lipinski definition) is 2. The number of fused-ring (bicyclic) bond motifs is 7. The summed E-state index contributed by atoms with van der Waals surface area (Å²) in [6.07, 6.45) is 5.06. The Morgan fingerprint density at radius 1 is 0.750 bits per heavy atom. The predicted molar refractivity (Wildman–Crippen MR) is 155 cm³/mol. The summed E-state index contributed by atoms with van der Waals surface area (Å²) in [6.45, 7) is 15.0. The highest BCUT2D eigenvalue weighted by molar-refractivity contribution is 7.00. The maximum atomic E-state index is 7.03. The Morgan fingerprint density at radius 2 is 1.33 bits per heavy atom. The van der Waals surface area contributed by atoms with E-state index < -0.39 is 0 Å².